The summed E-state index contributed by atoms with van der Waals surface area (Å²) in [5, 5.41) is 13.7. The monoisotopic (exact) mass is 394 g/mol. The number of pyridine rings is 1. The number of hydrogen-bond donors (Lipinski definition) is 0. The molecule has 1 aliphatic rings. The minimum Gasteiger partial charge on any atom is -0.354 e. The van der Waals surface area contributed by atoms with Crippen molar-refractivity contribution in [1.29, 1.82) is 5.26 Å². The summed E-state index contributed by atoms with van der Waals surface area (Å²) in [6.45, 7) is 5.51. The Morgan fingerprint density at radius 1 is 1.18 bits per heavy atom. The molecule has 1 saturated heterocycles. The van der Waals surface area contributed by atoms with E-state index in [1.807, 2.05) is 30.3 Å². The first-order valence-corrected chi connectivity index (χ1v) is 9.46. The van der Waals surface area contributed by atoms with Crippen molar-refractivity contribution in [3.63, 3.8) is 0 Å². The Labute approximate surface area is 168 Å². The van der Waals surface area contributed by atoms with Crippen LogP contribution in [0.15, 0.2) is 47.1 Å². The molecule has 1 aliphatic heterocycles. The first-order chi connectivity index (χ1) is 13.6. The molecule has 0 aliphatic carbocycles. The molecule has 1 unspecified atom stereocenters. The van der Waals surface area contributed by atoms with Gasteiger partial charge in [-0.25, -0.2) is 4.98 Å². The van der Waals surface area contributed by atoms with Crippen LogP contribution < -0.4 is 4.90 Å². The van der Waals surface area contributed by atoms with Crippen LogP contribution in [-0.4, -0.2) is 46.2 Å². The summed E-state index contributed by atoms with van der Waals surface area (Å²) in [6.07, 6.45) is 1.61. The fraction of sp³-hybridized carbons (Fsp3) is 0.300. The van der Waals surface area contributed by atoms with E-state index in [9.17, 15) is 0 Å². The summed E-state index contributed by atoms with van der Waals surface area (Å²) < 4.78 is 5.44. The predicted molar refractivity (Wildman–Crippen MR) is 106 cm³/mol. The highest BCUT2D eigenvalue weighted by Gasteiger charge is 2.26. The zero-order valence-electron chi connectivity index (χ0n) is 15.4. The highest BCUT2D eigenvalue weighted by atomic mass is 35.5. The van der Waals surface area contributed by atoms with Crippen molar-refractivity contribution in [2.45, 2.75) is 13.0 Å². The van der Waals surface area contributed by atoms with E-state index in [2.05, 4.69) is 37.9 Å². The fourth-order valence-corrected chi connectivity index (χ4v) is 3.47. The number of rotatable bonds is 4. The molecule has 28 heavy (non-hydrogen) atoms. The van der Waals surface area contributed by atoms with Gasteiger partial charge in [0, 0.05) is 43.0 Å². The predicted octanol–water partition coefficient (Wildman–Crippen LogP) is 3.54. The van der Waals surface area contributed by atoms with Crippen LogP contribution >= 0.6 is 11.6 Å². The van der Waals surface area contributed by atoms with Crippen LogP contribution in [0.25, 0.3) is 11.5 Å². The third-order valence-electron chi connectivity index (χ3n) is 4.95. The second-order valence-corrected chi connectivity index (χ2v) is 7.12. The Kier molecular flexibility index (Phi) is 5.24. The lowest BCUT2D eigenvalue weighted by molar-refractivity contribution is 0.188. The second kappa shape index (κ2) is 7.97. The third kappa shape index (κ3) is 3.84. The number of benzene rings is 1. The van der Waals surface area contributed by atoms with Gasteiger partial charge in [-0.15, -0.1) is 0 Å². The summed E-state index contributed by atoms with van der Waals surface area (Å²) in [4.78, 5) is 13.5. The topological polar surface area (TPSA) is 82.1 Å². The van der Waals surface area contributed by atoms with Gasteiger partial charge in [-0.05, 0) is 37.3 Å². The van der Waals surface area contributed by atoms with Gasteiger partial charge in [0.2, 0.25) is 0 Å². The third-order valence-corrected chi connectivity index (χ3v) is 5.19. The number of aromatic nitrogens is 3. The minimum absolute atomic E-state index is 0.0489. The van der Waals surface area contributed by atoms with Gasteiger partial charge in [-0.2, -0.15) is 10.2 Å². The highest BCUT2D eigenvalue weighted by molar-refractivity contribution is 6.30. The molecule has 1 fully saturated rings. The quantitative estimate of drug-likeness (QED) is 0.669. The van der Waals surface area contributed by atoms with Gasteiger partial charge >= 0.3 is 0 Å². The van der Waals surface area contributed by atoms with Crippen LogP contribution in [0.1, 0.15) is 24.4 Å². The molecule has 3 heterocycles. The SMILES string of the molecule is CC(c1noc(-c2cccc(Cl)c2)n1)N1CCN(c2ccc(C#N)cn2)CC1. The Hall–Kier alpha value is -2.95. The van der Waals surface area contributed by atoms with Gasteiger partial charge in [-0.1, -0.05) is 22.8 Å². The number of halogens is 1. The summed E-state index contributed by atoms with van der Waals surface area (Å²) in [6, 6.07) is 13.2. The summed E-state index contributed by atoms with van der Waals surface area (Å²) in [5.41, 5.74) is 1.39. The van der Waals surface area contributed by atoms with Gasteiger partial charge in [0.05, 0.1) is 11.6 Å². The summed E-state index contributed by atoms with van der Waals surface area (Å²) in [5.74, 6) is 2.04. The summed E-state index contributed by atoms with van der Waals surface area (Å²) in [7, 11) is 0. The number of anilines is 1. The van der Waals surface area contributed by atoms with E-state index >= 15 is 0 Å². The van der Waals surface area contributed by atoms with E-state index in [0.717, 1.165) is 37.6 Å². The van der Waals surface area contributed by atoms with Crippen LogP contribution in [0.4, 0.5) is 5.82 Å². The molecule has 4 rings (SSSR count). The molecule has 0 N–H and O–H groups in total. The molecule has 0 bridgehead atoms. The average Bonchev–Trinajstić information content (AvgIpc) is 3.24. The molecule has 0 amide bonds. The molecule has 1 aromatic carbocycles. The molecule has 2 aromatic heterocycles. The molecule has 0 saturated carbocycles. The number of piperazine rings is 1. The lowest BCUT2D eigenvalue weighted by atomic mass is 10.2. The summed E-state index contributed by atoms with van der Waals surface area (Å²) >= 11 is 6.04. The molecule has 7 nitrogen and oxygen atoms in total. The maximum atomic E-state index is 8.89. The Morgan fingerprint density at radius 3 is 2.68 bits per heavy atom. The van der Waals surface area contributed by atoms with Gasteiger partial charge < -0.3 is 9.42 Å². The molecule has 8 heteroatoms. The van der Waals surface area contributed by atoms with Gasteiger partial charge in [0.25, 0.3) is 5.89 Å². The smallest absolute Gasteiger partial charge is 0.258 e. The maximum absolute atomic E-state index is 8.89. The second-order valence-electron chi connectivity index (χ2n) is 6.68. The minimum atomic E-state index is 0.0489. The van der Waals surface area contributed by atoms with E-state index < -0.39 is 0 Å². The van der Waals surface area contributed by atoms with Crippen molar-refractivity contribution < 1.29 is 4.52 Å². The Morgan fingerprint density at radius 2 is 2.00 bits per heavy atom. The molecular formula is C20H19ClN6O. The lowest BCUT2D eigenvalue weighted by Crippen LogP contribution is -2.47. The van der Waals surface area contributed by atoms with Crippen LogP contribution in [0.2, 0.25) is 5.02 Å². The standard InChI is InChI=1S/C20H19ClN6O/c1-14(19-24-20(28-25-19)16-3-2-4-17(21)11-16)26-7-9-27(10-8-26)18-6-5-15(12-22)13-23-18/h2-6,11,13-14H,7-10H2,1H3. The normalized spacial score (nSPS) is 16.0. The first kappa shape index (κ1) is 18.4. The average molecular weight is 395 g/mol. The maximum Gasteiger partial charge on any atom is 0.258 e. The van der Waals surface area contributed by atoms with Crippen LogP contribution in [0.5, 0.6) is 0 Å². The Bertz CT molecular complexity index is 988. The number of nitriles is 1. The van der Waals surface area contributed by atoms with E-state index in [0.29, 0.717) is 22.3 Å². The van der Waals surface area contributed by atoms with Crippen molar-refractivity contribution >= 4 is 17.4 Å². The van der Waals surface area contributed by atoms with Crippen molar-refractivity contribution in [3.05, 3.63) is 59.0 Å². The van der Waals surface area contributed by atoms with Crippen molar-refractivity contribution in [2.75, 3.05) is 31.1 Å². The fourth-order valence-electron chi connectivity index (χ4n) is 3.28. The van der Waals surface area contributed by atoms with Gasteiger partial charge in [0.1, 0.15) is 11.9 Å². The van der Waals surface area contributed by atoms with E-state index in [1.165, 1.54) is 0 Å². The molecule has 3 aromatic rings. The van der Waals surface area contributed by atoms with Crippen molar-refractivity contribution in [1.82, 2.24) is 20.0 Å². The zero-order chi connectivity index (χ0) is 19.5. The van der Waals surface area contributed by atoms with Crippen molar-refractivity contribution in [2.24, 2.45) is 0 Å². The zero-order valence-corrected chi connectivity index (χ0v) is 16.2. The molecule has 0 spiro atoms. The molecule has 1 atom stereocenters. The van der Waals surface area contributed by atoms with E-state index in [4.69, 9.17) is 21.4 Å². The van der Waals surface area contributed by atoms with Crippen LogP contribution in [-0.2, 0) is 0 Å². The van der Waals surface area contributed by atoms with E-state index in [-0.39, 0.29) is 6.04 Å². The highest BCUT2D eigenvalue weighted by Crippen LogP contribution is 2.25. The molecule has 0 radical (unpaired) electrons. The lowest BCUT2D eigenvalue weighted by Gasteiger charge is -2.37. The Balaban J connectivity index is 1.40. The number of nitrogens with zero attached hydrogens (tertiary/aromatic N) is 6. The van der Waals surface area contributed by atoms with Crippen LogP contribution in [0.3, 0.4) is 0 Å². The van der Waals surface area contributed by atoms with Crippen LogP contribution in [0, 0.1) is 11.3 Å². The van der Waals surface area contributed by atoms with Gasteiger partial charge in [-0.3, -0.25) is 4.90 Å². The first-order valence-electron chi connectivity index (χ1n) is 9.09. The number of hydrogen-bond acceptors (Lipinski definition) is 7. The molecular weight excluding hydrogens is 376 g/mol. The van der Waals surface area contributed by atoms with Crippen molar-refractivity contribution in [3.8, 4) is 17.5 Å². The molecule has 142 valence electrons. The largest absolute Gasteiger partial charge is 0.354 e. The van der Waals surface area contributed by atoms with Gasteiger partial charge in [0.15, 0.2) is 5.82 Å². The van der Waals surface area contributed by atoms with E-state index in [1.54, 1.807) is 12.3 Å².